The Balaban J connectivity index is 2.24. The molecular weight excluding hydrogens is 254 g/mol. The number of rotatable bonds is 8. The maximum atomic E-state index is 11.6. The van der Waals surface area contributed by atoms with Crippen molar-refractivity contribution in [3.63, 3.8) is 0 Å². The molecule has 1 aromatic rings. The average Bonchev–Trinajstić information content (AvgIpc) is 2.74. The number of nitrogens with two attached hydrogens (primary N) is 1. The van der Waals surface area contributed by atoms with Gasteiger partial charge in [-0.3, -0.25) is 9.59 Å². The van der Waals surface area contributed by atoms with Crippen LogP contribution in [0.25, 0.3) is 0 Å². The van der Waals surface area contributed by atoms with Gasteiger partial charge in [0.05, 0.1) is 11.6 Å². The highest BCUT2D eigenvalue weighted by molar-refractivity contribution is 5.81. The van der Waals surface area contributed by atoms with Crippen molar-refractivity contribution in [1.29, 1.82) is 0 Å². The lowest BCUT2D eigenvalue weighted by Crippen LogP contribution is -2.42. The van der Waals surface area contributed by atoms with Crippen LogP contribution in [0.4, 0.5) is 0 Å². The van der Waals surface area contributed by atoms with Crippen molar-refractivity contribution in [3.05, 3.63) is 22.2 Å². The predicted octanol–water partition coefficient (Wildman–Crippen LogP) is -0.791. The second-order valence-corrected chi connectivity index (χ2v) is 4.13. The minimum Gasteiger partial charge on any atom is -0.481 e. The van der Waals surface area contributed by atoms with E-state index in [1.807, 2.05) is 0 Å². The lowest BCUT2D eigenvalue weighted by molar-refractivity contribution is -0.137. The molecule has 1 rings (SSSR count). The molecule has 0 aliphatic heterocycles. The Hall–Kier alpha value is -2.09. The summed E-state index contributed by atoms with van der Waals surface area (Å²) in [6.45, 7) is 0.363. The summed E-state index contributed by atoms with van der Waals surface area (Å²) in [5.41, 5.74) is 5.42. The largest absolute Gasteiger partial charge is 0.481 e. The summed E-state index contributed by atoms with van der Waals surface area (Å²) in [6, 6.07) is -0.835. The number of aliphatic carboxylic acids is 1. The molecule has 0 saturated heterocycles. The molecule has 19 heavy (non-hydrogen) atoms. The summed E-state index contributed by atoms with van der Waals surface area (Å²) in [6.07, 6.45) is 2.59. The molecule has 0 aliphatic carbocycles. The van der Waals surface area contributed by atoms with Gasteiger partial charge in [-0.05, 0) is 12.8 Å². The van der Waals surface area contributed by atoms with Crippen LogP contribution in [0.3, 0.4) is 0 Å². The Labute approximate surface area is 108 Å². The molecular formula is C11H17N3O5. The molecule has 0 fully saturated rings. The lowest BCUT2D eigenvalue weighted by Gasteiger charge is -2.10. The first-order valence-corrected chi connectivity index (χ1v) is 5.91. The molecule has 8 nitrogen and oxygen atoms in total. The highest BCUT2D eigenvalue weighted by atomic mass is 16.5. The third-order valence-corrected chi connectivity index (χ3v) is 2.54. The monoisotopic (exact) mass is 271 g/mol. The third-order valence-electron chi connectivity index (χ3n) is 2.54. The van der Waals surface area contributed by atoms with Crippen LogP contribution in [-0.2, 0) is 16.0 Å². The van der Waals surface area contributed by atoms with Gasteiger partial charge in [0.25, 0.3) is 0 Å². The number of unbranched alkanes of at least 4 members (excludes halogenated alkanes) is 1. The number of hydrogen-bond donors (Lipinski definition) is 4. The van der Waals surface area contributed by atoms with E-state index in [4.69, 9.17) is 10.8 Å². The van der Waals surface area contributed by atoms with E-state index in [0.29, 0.717) is 24.9 Å². The smallest absolute Gasteiger partial charge is 0.360 e. The van der Waals surface area contributed by atoms with Crippen molar-refractivity contribution in [3.8, 4) is 0 Å². The summed E-state index contributed by atoms with van der Waals surface area (Å²) >= 11 is 0. The van der Waals surface area contributed by atoms with Crippen LogP contribution >= 0.6 is 0 Å². The number of carbonyl (C=O) groups excluding carboxylic acids is 1. The van der Waals surface area contributed by atoms with Crippen LogP contribution in [0.5, 0.6) is 0 Å². The molecule has 0 bridgehead atoms. The lowest BCUT2D eigenvalue weighted by atomic mass is 10.1. The van der Waals surface area contributed by atoms with Crippen molar-refractivity contribution in [2.24, 2.45) is 5.73 Å². The quantitative estimate of drug-likeness (QED) is 0.457. The summed E-state index contributed by atoms with van der Waals surface area (Å²) < 4.78 is 4.46. The van der Waals surface area contributed by atoms with Crippen LogP contribution in [-0.4, -0.2) is 34.7 Å². The van der Waals surface area contributed by atoms with Gasteiger partial charge in [0.2, 0.25) is 5.91 Å². The summed E-state index contributed by atoms with van der Waals surface area (Å²) in [4.78, 5) is 32.9. The Morgan fingerprint density at radius 1 is 1.47 bits per heavy atom. The number of H-pyrrole nitrogens is 1. The van der Waals surface area contributed by atoms with E-state index in [-0.39, 0.29) is 18.7 Å². The summed E-state index contributed by atoms with van der Waals surface area (Å²) in [5, 5.41) is 13.3. The predicted molar refractivity (Wildman–Crippen MR) is 65.5 cm³/mol. The molecule has 106 valence electrons. The zero-order valence-electron chi connectivity index (χ0n) is 10.3. The fourth-order valence-corrected chi connectivity index (χ4v) is 1.49. The number of carboxylic acid groups (broad SMARTS) is 1. The maximum Gasteiger partial charge on any atom is 0.360 e. The Morgan fingerprint density at radius 3 is 2.79 bits per heavy atom. The van der Waals surface area contributed by atoms with E-state index >= 15 is 0 Å². The van der Waals surface area contributed by atoms with Gasteiger partial charge in [-0.1, -0.05) is 0 Å². The molecule has 0 aromatic carbocycles. The van der Waals surface area contributed by atoms with E-state index in [2.05, 4.69) is 15.0 Å². The first-order valence-electron chi connectivity index (χ1n) is 5.91. The number of hydrogen-bond acceptors (Lipinski definition) is 5. The van der Waals surface area contributed by atoms with Gasteiger partial charge in [0, 0.05) is 25.6 Å². The number of nitrogens with one attached hydrogen (secondary N) is 2. The highest BCUT2D eigenvalue weighted by Gasteiger charge is 2.16. The third kappa shape index (κ3) is 5.38. The molecule has 1 amide bonds. The molecule has 0 saturated carbocycles. The van der Waals surface area contributed by atoms with Crippen molar-refractivity contribution in [1.82, 2.24) is 10.5 Å². The topological polar surface area (TPSA) is 138 Å². The first kappa shape index (κ1) is 15.0. The Kier molecular flexibility index (Phi) is 5.80. The second kappa shape index (κ2) is 7.37. The minimum absolute atomic E-state index is 0.0757. The van der Waals surface area contributed by atoms with E-state index < -0.39 is 17.6 Å². The minimum atomic E-state index is -0.859. The van der Waals surface area contributed by atoms with Crippen LogP contribution < -0.4 is 16.7 Å². The number of amides is 1. The van der Waals surface area contributed by atoms with Gasteiger partial charge in [-0.15, -0.1) is 0 Å². The van der Waals surface area contributed by atoms with E-state index in [1.54, 1.807) is 0 Å². The van der Waals surface area contributed by atoms with E-state index in [1.165, 1.54) is 6.20 Å². The fraction of sp³-hybridized carbons (Fsp3) is 0.545. The van der Waals surface area contributed by atoms with Gasteiger partial charge in [0.15, 0.2) is 0 Å². The maximum absolute atomic E-state index is 11.6. The number of aromatic amines is 1. The Bertz CT molecular complexity index is 479. The van der Waals surface area contributed by atoms with Crippen LogP contribution in [0.15, 0.2) is 15.5 Å². The fourth-order valence-electron chi connectivity index (χ4n) is 1.49. The van der Waals surface area contributed by atoms with Gasteiger partial charge >= 0.3 is 11.6 Å². The van der Waals surface area contributed by atoms with Gasteiger partial charge in [0.1, 0.15) is 0 Å². The van der Waals surface area contributed by atoms with Crippen molar-refractivity contribution in [2.75, 3.05) is 6.54 Å². The second-order valence-electron chi connectivity index (χ2n) is 4.13. The van der Waals surface area contributed by atoms with Crippen LogP contribution in [0.1, 0.15) is 24.8 Å². The van der Waals surface area contributed by atoms with Crippen LogP contribution in [0.2, 0.25) is 0 Å². The van der Waals surface area contributed by atoms with Gasteiger partial charge < -0.3 is 20.7 Å². The van der Waals surface area contributed by atoms with Crippen molar-refractivity contribution >= 4 is 11.9 Å². The summed E-state index contributed by atoms with van der Waals surface area (Å²) in [7, 11) is 0. The molecule has 0 radical (unpaired) electrons. The number of carboxylic acids is 1. The molecule has 1 heterocycles. The Morgan fingerprint density at radius 2 is 2.21 bits per heavy atom. The zero-order chi connectivity index (χ0) is 14.3. The van der Waals surface area contributed by atoms with Crippen LogP contribution in [0, 0.1) is 0 Å². The molecule has 5 N–H and O–H groups in total. The van der Waals surface area contributed by atoms with Gasteiger partial charge in [-0.2, -0.15) is 0 Å². The van der Waals surface area contributed by atoms with E-state index in [0.717, 1.165) is 0 Å². The zero-order valence-corrected chi connectivity index (χ0v) is 10.3. The number of aromatic nitrogens is 1. The first-order chi connectivity index (χ1) is 9.00. The molecule has 0 spiro atoms. The average molecular weight is 271 g/mol. The molecule has 0 aliphatic rings. The number of carbonyl (C=O) groups is 2. The van der Waals surface area contributed by atoms with E-state index in [9.17, 15) is 14.4 Å². The van der Waals surface area contributed by atoms with Gasteiger partial charge in [-0.25, -0.2) is 9.95 Å². The normalized spacial score (nSPS) is 12.1. The molecule has 8 heteroatoms. The molecule has 0 unspecified atom stereocenters. The molecule has 1 atom stereocenters. The molecule has 1 aromatic heterocycles. The SMILES string of the molecule is N[C@@H](Cc1c[nH]oc1=O)C(=O)NCCCCC(=O)O. The summed E-state index contributed by atoms with van der Waals surface area (Å²) in [5.74, 6) is -1.24. The van der Waals surface area contributed by atoms with Crippen molar-refractivity contribution in [2.45, 2.75) is 31.7 Å². The highest BCUT2D eigenvalue weighted by Crippen LogP contribution is 1.96. The standard InChI is InChI=1S/C11H17N3O5/c12-8(5-7-6-14-19-11(7)18)10(17)13-4-2-1-3-9(15)16/h6,8,14H,1-5,12H2,(H,13,17)(H,15,16)/t8-/m0/s1. The van der Waals surface area contributed by atoms with Crippen molar-refractivity contribution < 1.29 is 19.2 Å².